The number of aromatic nitrogens is 4. The SMILES string of the molecule is C1=C(c2ccc(-c3ccc(-c4ccc(-c5cnc([C@@H]6CC7CC7N6)[nH]5)cc4)c4c3CCC43CCCC3)cc2)CC([C@@H]2CC3CC3N2)=N1.CCC(C)[C@H](CC(=O)OC)C(=O)O.CCC(C)[C@H](NC(=O)OC)C(=O)N1C2CC2C[C@H]1C1=NC=C(c2ccc(-c3ccc(-c4ccc(-c5cnc([C@@H]6CC7CC7N6C(=O)[C@@H](NC(=O)OC)C(C)CC)[nH]5)cc4)c4c3CCC43CCCC3)cc2)C1.Cl. The van der Waals surface area contributed by atoms with Gasteiger partial charge < -0.3 is 60.4 Å². The minimum absolute atomic E-state index is 0. The van der Waals surface area contributed by atoms with E-state index in [-0.39, 0.29) is 78.0 Å². The standard InChI is InChI=1S/C58H69N7O6.C42H43N5.C9H16O4.ClH/c1-7-32(3)51(62-56(68)70-5)54(66)64-46-26-38(46)28-48(64)44-25-40(30-59-44)34-11-13-35(14-12-34)41-19-20-42(50-43(41)21-24-58(50)22-9-10-23-58)36-15-17-37(18-16-36)45-31-60-53(61-45)49-29-39-27-47(39)65(49)55(67)52(33(4)8-2)63-57(69)71-6;1-2-15-42(14-1)16-13-33-31(25-5-3-24(4-6-25)30-21-36(43-22-30)37-19-28-17-34(28)45-37)11-12-32(40(33)42)26-7-9-27(10-8-26)39-23-44-41(47-39)38-20-29-18-35(29)46-38;1-4-6(2)7(9(11)12)5-8(10)13-3;/h11-20,30-33,38-39,46-49,51-52H,7-10,21-29H2,1-6H3,(H,60,61)(H,62,68)(H,63,69);3-12,22-23,28-29,34-35,37-38,45-46H,1-2,13-21H2,(H,44,47);6-7H,4-5H2,1-3H3,(H,11,12);1H/t32?,33?,38?,39?,46?,47?,48-,49-,51-,52-;28?,29?,34?,35?,37-,38-;6?,7-;/m000./s1. The van der Waals surface area contributed by atoms with E-state index in [0.717, 1.165) is 122 Å². The van der Waals surface area contributed by atoms with Crippen LogP contribution in [0.1, 0.15) is 253 Å². The van der Waals surface area contributed by atoms with E-state index in [1.807, 2.05) is 69.9 Å². The number of piperidine rings is 4. The van der Waals surface area contributed by atoms with Crippen LogP contribution in [0.4, 0.5) is 9.59 Å². The number of benzene rings is 6. The fourth-order valence-electron chi connectivity index (χ4n) is 24.8. The summed E-state index contributed by atoms with van der Waals surface area (Å²) in [4.78, 5) is 105. The van der Waals surface area contributed by atoms with Gasteiger partial charge in [0.15, 0.2) is 0 Å². The molecule has 6 saturated carbocycles. The molecule has 4 amide bonds. The number of aliphatic imine (C=N–C) groups is 2. The number of nitrogens with zero attached hydrogens (tertiary/aromatic N) is 6. The molecular formula is C109H129ClN12O10. The lowest BCUT2D eigenvalue weighted by Crippen LogP contribution is -2.55. The van der Waals surface area contributed by atoms with Gasteiger partial charge in [0.2, 0.25) is 11.8 Å². The summed E-state index contributed by atoms with van der Waals surface area (Å²) in [7, 11) is 3.93. The number of methoxy groups -OCH3 is 3. The van der Waals surface area contributed by atoms with Crippen LogP contribution in [0, 0.1) is 47.3 Å². The van der Waals surface area contributed by atoms with Gasteiger partial charge in [-0.05, 0) is 255 Å². The second kappa shape index (κ2) is 37.2. The molecule has 8 heterocycles. The van der Waals surface area contributed by atoms with Crippen LogP contribution in [0.5, 0.6) is 0 Å². The van der Waals surface area contributed by atoms with E-state index < -0.39 is 42.1 Å². The lowest BCUT2D eigenvalue weighted by Gasteiger charge is -2.33. The number of likely N-dealkylation sites (tertiary alicyclic amines) is 2. The molecule has 4 saturated heterocycles. The summed E-state index contributed by atoms with van der Waals surface area (Å²) in [5.74, 6) is 2.42. The summed E-state index contributed by atoms with van der Waals surface area (Å²) in [6.45, 7) is 11.8. The summed E-state index contributed by atoms with van der Waals surface area (Å²) in [6, 6.07) is 47.4. The summed E-state index contributed by atoms with van der Waals surface area (Å²) in [5, 5.41) is 22.0. The number of carboxylic acid groups (broad SMARTS) is 1. The second-order valence-electron chi connectivity index (χ2n) is 40.9. The number of fused-ring (bicyclic) bond motifs is 8. The van der Waals surface area contributed by atoms with Crippen molar-refractivity contribution in [2.45, 2.75) is 280 Å². The number of hydrogen-bond donors (Lipinski definition) is 7. The summed E-state index contributed by atoms with van der Waals surface area (Å²) in [5.41, 5.74) is 29.2. The Kier molecular flexibility index (Phi) is 25.5. The van der Waals surface area contributed by atoms with Crippen molar-refractivity contribution in [1.82, 2.24) is 51.0 Å². The molecule has 2 aromatic heterocycles. The number of H-pyrrole nitrogens is 2. The Bertz CT molecular complexity index is 5820. The molecule has 14 aliphatic rings. The van der Waals surface area contributed by atoms with Crippen molar-refractivity contribution in [3.8, 4) is 67.0 Å². The zero-order valence-corrected chi connectivity index (χ0v) is 78.7. The molecule has 11 unspecified atom stereocenters. The lowest BCUT2D eigenvalue weighted by atomic mass is 9.76. The molecule has 0 radical (unpaired) electrons. The quantitative estimate of drug-likeness (QED) is 0.0207. The number of rotatable bonds is 25. The number of imidazole rings is 2. The molecule has 6 aromatic carbocycles. The zero-order valence-electron chi connectivity index (χ0n) is 77.8. The van der Waals surface area contributed by atoms with Gasteiger partial charge in [0.1, 0.15) is 23.7 Å². The predicted molar refractivity (Wildman–Crippen MR) is 518 cm³/mol. The van der Waals surface area contributed by atoms with Crippen molar-refractivity contribution in [2.75, 3.05) is 21.3 Å². The van der Waals surface area contributed by atoms with Crippen molar-refractivity contribution >= 4 is 70.9 Å². The number of amides is 4. The summed E-state index contributed by atoms with van der Waals surface area (Å²) < 4.78 is 14.2. The van der Waals surface area contributed by atoms with E-state index in [4.69, 9.17) is 34.5 Å². The number of alkyl carbamates (subject to hydrolysis) is 2. The van der Waals surface area contributed by atoms with Crippen LogP contribution in [-0.4, -0.2) is 152 Å². The molecule has 132 heavy (non-hydrogen) atoms. The minimum atomic E-state index is -0.931. The first kappa shape index (κ1) is 90.4. The molecule has 7 N–H and O–H groups in total. The number of allylic oxidation sites excluding steroid dienone is 2. The number of nitrogens with one attached hydrogen (secondary N) is 6. The van der Waals surface area contributed by atoms with Gasteiger partial charge in [-0.15, -0.1) is 12.4 Å². The van der Waals surface area contributed by atoms with Crippen molar-refractivity contribution < 1.29 is 48.1 Å². The van der Waals surface area contributed by atoms with Gasteiger partial charge in [0.05, 0.1) is 75.6 Å². The van der Waals surface area contributed by atoms with Gasteiger partial charge in [-0.25, -0.2) is 19.6 Å². The van der Waals surface area contributed by atoms with Crippen molar-refractivity contribution in [1.29, 1.82) is 0 Å². The third kappa shape index (κ3) is 17.4. The zero-order chi connectivity index (χ0) is 90.4. The number of carbonyl (C=O) groups is 6. The predicted octanol–water partition coefficient (Wildman–Crippen LogP) is 20.8. The summed E-state index contributed by atoms with van der Waals surface area (Å²) in [6.07, 6.45) is 34.9. The third-order valence-corrected chi connectivity index (χ3v) is 33.4. The van der Waals surface area contributed by atoms with Gasteiger partial charge in [0, 0.05) is 66.9 Å². The molecule has 8 aromatic rings. The maximum atomic E-state index is 14.2. The average Bonchev–Trinajstić information content (AvgIpc) is 1.57. The Morgan fingerprint density at radius 1 is 0.455 bits per heavy atom. The Balaban J connectivity index is 0.000000157. The molecule has 10 fully saturated rings. The Morgan fingerprint density at radius 2 is 0.856 bits per heavy atom. The third-order valence-electron chi connectivity index (χ3n) is 33.4. The van der Waals surface area contributed by atoms with Gasteiger partial charge in [-0.3, -0.25) is 29.2 Å². The maximum absolute atomic E-state index is 14.2. The minimum Gasteiger partial charge on any atom is -0.481 e. The van der Waals surface area contributed by atoms with E-state index in [1.165, 1.54) is 201 Å². The van der Waals surface area contributed by atoms with Crippen LogP contribution in [0.25, 0.3) is 78.2 Å². The van der Waals surface area contributed by atoms with Gasteiger partial charge in [-0.2, -0.15) is 0 Å². The molecule has 6 aliphatic heterocycles. The number of aromatic amines is 2. The highest BCUT2D eigenvalue weighted by Gasteiger charge is 2.59. The van der Waals surface area contributed by atoms with E-state index in [0.29, 0.717) is 35.8 Å². The first-order valence-electron chi connectivity index (χ1n) is 49.2. The van der Waals surface area contributed by atoms with E-state index in [2.05, 4.69) is 163 Å². The number of esters is 1. The average molecular weight is 1800 g/mol. The Labute approximate surface area is 781 Å². The molecule has 22 nitrogen and oxygen atoms in total. The molecule has 692 valence electrons. The number of hydrogen-bond acceptors (Lipinski definition) is 15. The molecule has 2 spiro atoms. The fourth-order valence-corrected chi connectivity index (χ4v) is 24.8. The number of ether oxygens (including phenoxy) is 3. The van der Waals surface area contributed by atoms with Gasteiger partial charge >= 0.3 is 24.1 Å². The molecule has 8 aliphatic carbocycles. The van der Waals surface area contributed by atoms with Crippen LogP contribution in [-0.2, 0) is 57.1 Å². The fraction of sp³-hybridized carbons (Fsp3) is 0.505. The van der Waals surface area contributed by atoms with Crippen LogP contribution in [0.15, 0.2) is 156 Å². The van der Waals surface area contributed by atoms with Crippen LogP contribution < -0.4 is 21.3 Å². The number of aliphatic carboxylic acids is 1. The molecule has 23 heteroatoms. The second-order valence-corrected chi connectivity index (χ2v) is 40.9. The van der Waals surface area contributed by atoms with Crippen LogP contribution in [0.3, 0.4) is 0 Å². The summed E-state index contributed by atoms with van der Waals surface area (Å²) >= 11 is 0. The molecular weight excluding hydrogens is 1670 g/mol. The topological polar surface area (TPSA) is 287 Å². The molecule has 0 bridgehead atoms. The first-order valence-corrected chi connectivity index (χ1v) is 49.2. The monoisotopic (exact) mass is 1800 g/mol. The van der Waals surface area contributed by atoms with E-state index >= 15 is 0 Å². The van der Waals surface area contributed by atoms with Crippen molar-refractivity contribution in [3.63, 3.8) is 0 Å². The van der Waals surface area contributed by atoms with Gasteiger partial charge in [-0.1, -0.05) is 208 Å². The highest BCUT2D eigenvalue weighted by Crippen LogP contribution is 2.59. The smallest absolute Gasteiger partial charge is 0.407 e. The molecule has 18 atom stereocenters. The largest absolute Gasteiger partial charge is 0.481 e. The number of carbonyl (C=O) groups excluding carboxylic acids is 5. The van der Waals surface area contributed by atoms with Gasteiger partial charge in [0.25, 0.3) is 0 Å². The van der Waals surface area contributed by atoms with Crippen LogP contribution in [0.2, 0.25) is 0 Å². The Hall–Kier alpha value is -10.8. The van der Waals surface area contributed by atoms with Crippen LogP contribution >= 0.6 is 12.4 Å². The lowest BCUT2D eigenvalue weighted by molar-refractivity contribution is -0.151. The van der Waals surface area contributed by atoms with E-state index in [1.54, 1.807) is 11.1 Å². The number of carboxylic acids is 1. The molecule has 22 rings (SSSR count). The normalized spacial score (nSPS) is 26.3. The highest BCUT2D eigenvalue weighted by atomic mass is 35.5. The first-order chi connectivity index (χ1) is 63.6. The van der Waals surface area contributed by atoms with E-state index in [9.17, 15) is 28.8 Å². The van der Waals surface area contributed by atoms with Crippen molar-refractivity contribution in [2.24, 2.45) is 57.3 Å². The highest BCUT2D eigenvalue weighted by molar-refractivity contribution is 6.05. The van der Waals surface area contributed by atoms with Crippen molar-refractivity contribution in [3.05, 3.63) is 191 Å². The Morgan fingerprint density at radius 3 is 1.30 bits per heavy atom. The maximum Gasteiger partial charge on any atom is 0.407 e. The number of halogens is 1.